The van der Waals surface area contributed by atoms with Gasteiger partial charge in [0, 0.05) is 13.1 Å². The van der Waals surface area contributed by atoms with E-state index < -0.39 is 6.10 Å². The van der Waals surface area contributed by atoms with Crippen molar-refractivity contribution in [3.8, 4) is 0 Å². The molecule has 1 aromatic carbocycles. The minimum absolute atomic E-state index is 0.414. The van der Waals surface area contributed by atoms with Crippen LogP contribution in [0.3, 0.4) is 0 Å². The van der Waals surface area contributed by atoms with Gasteiger partial charge in [-0.05, 0) is 32.3 Å². The number of aliphatic hydroxyl groups is 1. The van der Waals surface area contributed by atoms with Crippen molar-refractivity contribution in [1.82, 2.24) is 10.2 Å². The average Bonchev–Trinajstić information content (AvgIpc) is 2.18. The molecule has 0 aliphatic rings. The summed E-state index contributed by atoms with van der Waals surface area (Å²) in [5, 5.41) is 12.7. The van der Waals surface area contributed by atoms with E-state index in [4.69, 9.17) is 0 Å². The smallest absolute Gasteiger partial charge is 0.0914 e. The summed E-state index contributed by atoms with van der Waals surface area (Å²) in [5.41, 5.74) is 2.23. The third kappa shape index (κ3) is 4.00. The Morgan fingerprint density at radius 3 is 2.33 bits per heavy atom. The summed E-state index contributed by atoms with van der Waals surface area (Å²) in [7, 11) is 5.93. The van der Waals surface area contributed by atoms with Gasteiger partial charge in [-0.1, -0.05) is 24.3 Å². The zero-order valence-electron chi connectivity index (χ0n) is 9.70. The zero-order valence-corrected chi connectivity index (χ0v) is 9.70. The molecule has 0 saturated heterocycles. The second kappa shape index (κ2) is 5.85. The number of benzene rings is 1. The van der Waals surface area contributed by atoms with Crippen molar-refractivity contribution < 1.29 is 5.11 Å². The Morgan fingerprint density at radius 2 is 1.87 bits per heavy atom. The van der Waals surface area contributed by atoms with Gasteiger partial charge in [-0.2, -0.15) is 0 Å². The molecule has 0 amide bonds. The molecular formula is C12H20N2O. The Hall–Kier alpha value is -0.900. The fourth-order valence-corrected chi connectivity index (χ4v) is 1.52. The van der Waals surface area contributed by atoms with Gasteiger partial charge < -0.3 is 15.3 Å². The summed E-state index contributed by atoms with van der Waals surface area (Å²) in [6, 6.07) is 8.10. The van der Waals surface area contributed by atoms with Crippen LogP contribution in [0.1, 0.15) is 17.2 Å². The Morgan fingerprint density at radius 1 is 1.27 bits per heavy atom. The number of nitrogens with one attached hydrogen (secondary N) is 1. The maximum Gasteiger partial charge on any atom is 0.0914 e. The molecule has 2 N–H and O–H groups in total. The van der Waals surface area contributed by atoms with Gasteiger partial charge in [0.25, 0.3) is 0 Å². The summed E-state index contributed by atoms with van der Waals surface area (Å²) >= 11 is 0. The van der Waals surface area contributed by atoms with E-state index in [0.29, 0.717) is 6.54 Å². The lowest BCUT2D eigenvalue weighted by atomic mass is 10.1. The third-order valence-electron chi connectivity index (χ3n) is 2.26. The number of hydrogen-bond acceptors (Lipinski definition) is 3. The van der Waals surface area contributed by atoms with Crippen LogP contribution in [-0.4, -0.2) is 37.7 Å². The van der Waals surface area contributed by atoms with Crippen molar-refractivity contribution in [2.45, 2.75) is 12.6 Å². The molecule has 0 spiro atoms. The van der Waals surface area contributed by atoms with Crippen LogP contribution >= 0.6 is 0 Å². The average molecular weight is 208 g/mol. The van der Waals surface area contributed by atoms with Crippen molar-refractivity contribution >= 4 is 0 Å². The predicted octanol–water partition coefficient (Wildman–Crippen LogP) is 1.00. The first-order valence-corrected chi connectivity index (χ1v) is 5.19. The van der Waals surface area contributed by atoms with E-state index in [1.807, 2.05) is 33.3 Å². The highest BCUT2D eigenvalue weighted by Crippen LogP contribution is 2.13. The monoisotopic (exact) mass is 208 g/mol. The summed E-state index contributed by atoms with van der Waals surface area (Å²) in [5.74, 6) is 0. The van der Waals surface area contributed by atoms with Crippen molar-refractivity contribution in [1.29, 1.82) is 0 Å². The first-order chi connectivity index (χ1) is 7.13. The van der Waals surface area contributed by atoms with Crippen molar-refractivity contribution in [3.63, 3.8) is 0 Å². The molecule has 0 fully saturated rings. The molecule has 1 unspecified atom stereocenters. The van der Waals surface area contributed by atoms with Gasteiger partial charge in [-0.25, -0.2) is 0 Å². The summed E-state index contributed by atoms with van der Waals surface area (Å²) in [4.78, 5) is 2.12. The van der Waals surface area contributed by atoms with Crippen LogP contribution in [0.25, 0.3) is 0 Å². The highest BCUT2D eigenvalue weighted by atomic mass is 16.3. The van der Waals surface area contributed by atoms with E-state index in [-0.39, 0.29) is 0 Å². The minimum atomic E-state index is -0.414. The minimum Gasteiger partial charge on any atom is -0.387 e. The van der Waals surface area contributed by atoms with Crippen LogP contribution in [0.5, 0.6) is 0 Å². The molecule has 0 aromatic heterocycles. The van der Waals surface area contributed by atoms with Crippen molar-refractivity contribution in [2.24, 2.45) is 0 Å². The van der Waals surface area contributed by atoms with E-state index in [9.17, 15) is 5.11 Å². The second-order valence-electron chi connectivity index (χ2n) is 4.05. The van der Waals surface area contributed by atoms with Gasteiger partial charge in [-0.3, -0.25) is 0 Å². The molecule has 84 valence electrons. The molecule has 3 nitrogen and oxygen atoms in total. The number of rotatable bonds is 5. The Labute approximate surface area is 91.7 Å². The summed E-state index contributed by atoms with van der Waals surface area (Å²) in [6.07, 6.45) is -0.414. The van der Waals surface area contributed by atoms with E-state index in [1.54, 1.807) is 0 Å². The highest BCUT2D eigenvalue weighted by Gasteiger charge is 2.05. The molecule has 0 bridgehead atoms. The molecule has 1 aromatic rings. The third-order valence-corrected chi connectivity index (χ3v) is 2.26. The molecule has 0 radical (unpaired) electrons. The van der Waals surface area contributed by atoms with Crippen LogP contribution in [0, 0.1) is 0 Å². The number of aliphatic hydroxyl groups excluding tert-OH is 1. The van der Waals surface area contributed by atoms with Gasteiger partial charge in [0.1, 0.15) is 0 Å². The zero-order chi connectivity index (χ0) is 11.3. The van der Waals surface area contributed by atoms with E-state index in [2.05, 4.69) is 22.3 Å². The topological polar surface area (TPSA) is 35.5 Å². The molecule has 0 heterocycles. The maximum atomic E-state index is 9.72. The fraction of sp³-hybridized carbons (Fsp3) is 0.500. The lowest BCUT2D eigenvalue weighted by Crippen LogP contribution is -2.16. The highest BCUT2D eigenvalue weighted by molar-refractivity contribution is 5.24. The largest absolute Gasteiger partial charge is 0.387 e. The first-order valence-electron chi connectivity index (χ1n) is 5.19. The maximum absolute atomic E-state index is 9.72. The molecule has 1 atom stereocenters. The van der Waals surface area contributed by atoms with E-state index in [0.717, 1.165) is 12.1 Å². The second-order valence-corrected chi connectivity index (χ2v) is 4.05. The van der Waals surface area contributed by atoms with Crippen molar-refractivity contribution in [2.75, 3.05) is 27.7 Å². The number of likely N-dealkylation sites (N-methyl/N-ethyl adjacent to an activating group) is 1. The normalized spacial score (nSPS) is 13.1. The SMILES string of the molecule is CNCC(O)c1ccc(CN(C)C)cc1. The van der Waals surface area contributed by atoms with Crippen LogP contribution in [0.15, 0.2) is 24.3 Å². The van der Waals surface area contributed by atoms with Gasteiger partial charge in [-0.15, -0.1) is 0 Å². The number of hydrogen-bond donors (Lipinski definition) is 2. The first kappa shape index (κ1) is 12.2. The molecular weight excluding hydrogens is 188 g/mol. The lowest BCUT2D eigenvalue weighted by molar-refractivity contribution is 0.178. The van der Waals surface area contributed by atoms with Crippen LogP contribution in [0.4, 0.5) is 0 Å². The Balaban J connectivity index is 2.63. The van der Waals surface area contributed by atoms with Crippen molar-refractivity contribution in [3.05, 3.63) is 35.4 Å². The predicted molar refractivity (Wildman–Crippen MR) is 62.7 cm³/mol. The standard InChI is InChI=1S/C12H20N2O/c1-13-8-12(15)11-6-4-10(5-7-11)9-14(2)3/h4-7,12-13,15H,8-9H2,1-3H3. The Bertz CT molecular complexity index is 282. The number of nitrogens with zero attached hydrogens (tertiary/aromatic N) is 1. The Kier molecular flexibility index (Phi) is 4.75. The van der Waals surface area contributed by atoms with Crippen LogP contribution < -0.4 is 5.32 Å². The van der Waals surface area contributed by atoms with E-state index in [1.165, 1.54) is 5.56 Å². The quantitative estimate of drug-likeness (QED) is 0.758. The summed E-state index contributed by atoms with van der Waals surface area (Å²) in [6.45, 7) is 1.52. The molecule has 15 heavy (non-hydrogen) atoms. The van der Waals surface area contributed by atoms with Crippen LogP contribution in [-0.2, 0) is 6.54 Å². The van der Waals surface area contributed by atoms with Gasteiger partial charge in [0.05, 0.1) is 6.10 Å². The van der Waals surface area contributed by atoms with Gasteiger partial charge in [0.15, 0.2) is 0 Å². The fourth-order valence-electron chi connectivity index (χ4n) is 1.52. The molecule has 3 heteroatoms. The van der Waals surface area contributed by atoms with Gasteiger partial charge in [0.2, 0.25) is 0 Å². The molecule has 0 aliphatic heterocycles. The van der Waals surface area contributed by atoms with Crippen LogP contribution in [0.2, 0.25) is 0 Å². The molecule has 0 aliphatic carbocycles. The lowest BCUT2D eigenvalue weighted by Gasteiger charge is -2.13. The van der Waals surface area contributed by atoms with E-state index >= 15 is 0 Å². The molecule has 0 saturated carbocycles. The van der Waals surface area contributed by atoms with Gasteiger partial charge >= 0.3 is 0 Å². The molecule has 1 rings (SSSR count). The summed E-state index contributed by atoms with van der Waals surface area (Å²) < 4.78 is 0.